The van der Waals surface area contributed by atoms with Crippen molar-refractivity contribution >= 4 is 5.69 Å². The first-order chi connectivity index (χ1) is 30.6. The van der Waals surface area contributed by atoms with Gasteiger partial charge in [0.1, 0.15) is 45.7 Å². The molecule has 4 heterocycles. The predicted octanol–water partition coefficient (Wildman–Crippen LogP) is 8.02. The van der Waals surface area contributed by atoms with Crippen molar-refractivity contribution in [2.24, 2.45) is 0 Å². The molecule has 0 radical (unpaired) electrons. The molecular formula is C51H66N4O7. The van der Waals surface area contributed by atoms with Gasteiger partial charge in [-0.3, -0.25) is 0 Å². The van der Waals surface area contributed by atoms with Gasteiger partial charge in [-0.15, -0.1) is 12.8 Å². The molecule has 3 aromatic rings. The van der Waals surface area contributed by atoms with E-state index in [-0.39, 0.29) is 0 Å². The number of rotatable bonds is 17. The third-order valence-corrected chi connectivity index (χ3v) is 9.74. The predicted molar refractivity (Wildman–Crippen MR) is 245 cm³/mol. The second-order valence-corrected chi connectivity index (χ2v) is 14.8. The largest absolute Gasteiger partial charge is 0.493 e. The van der Waals surface area contributed by atoms with Gasteiger partial charge in [-0.2, -0.15) is 0 Å². The van der Waals surface area contributed by atoms with Crippen LogP contribution in [-0.2, 0) is 23.7 Å². The van der Waals surface area contributed by atoms with Crippen molar-refractivity contribution in [1.29, 1.82) is 0 Å². The quantitative estimate of drug-likeness (QED) is 0.0975. The minimum Gasteiger partial charge on any atom is -0.493 e. The van der Waals surface area contributed by atoms with Crippen LogP contribution in [0.15, 0.2) is 36.4 Å². The molecule has 1 saturated heterocycles. The van der Waals surface area contributed by atoms with Gasteiger partial charge in [-0.1, -0.05) is 89.9 Å². The first-order valence-corrected chi connectivity index (χ1v) is 22.5. The van der Waals surface area contributed by atoms with Gasteiger partial charge < -0.3 is 38.1 Å². The smallest absolute Gasteiger partial charge is 0.124 e. The summed E-state index contributed by atoms with van der Waals surface area (Å²) in [5.74, 6) is 19.4. The van der Waals surface area contributed by atoms with Gasteiger partial charge in [-0.05, 0) is 48.7 Å². The third kappa shape index (κ3) is 21.1. The molecular weight excluding hydrogens is 781 g/mol. The SMILES string of the molecule is C#Cc1cc(OCCCCCCCC)cc(C#Cc2cc(N3CCOCCOCCOCCOCCOCC3)cc(C#Cc3cc(OCCCCCCCC)cc(C#C)n3)n2)n1. The summed E-state index contributed by atoms with van der Waals surface area (Å²) in [5.41, 5.74) is 3.70. The lowest BCUT2D eigenvalue weighted by Gasteiger charge is -2.25. The Morgan fingerprint density at radius 2 is 0.774 bits per heavy atom. The Kier molecular flexibility index (Phi) is 25.3. The normalized spacial score (nSPS) is 14.4. The van der Waals surface area contributed by atoms with E-state index in [1.807, 2.05) is 24.3 Å². The summed E-state index contributed by atoms with van der Waals surface area (Å²) in [6.45, 7) is 11.6. The van der Waals surface area contributed by atoms with Gasteiger partial charge in [0.25, 0.3) is 0 Å². The molecule has 1 fully saturated rings. The van der Waals surface area contributed by atoms with E-state index in [9.17, 15) is 0 Å². The zero-order valence-corrected chi connectivity index (χ0v) is 37.2. The highest BCUT2D eigenvalue weighted by Crippen LogP contribution is 2.20. The summed E-state index contributed by atoms with van der Waals surface area (Å²) in [6, 6.07) is 11.0. The summed E-state index contributed by atoms with van der Waals surface area (Å²) in [5, 5.41) is 0. The average Bonchev–Trinajstić information content (AvgIpc) is 3.29. The number of pyridine rings is 3. The maximum absolute atomic E-state index is 6.09. The molecule has 0 bridgehead atoms. The van der Waals surface area contributed by atoms with E-state index in [2.05, 4.69) is 64.2 Å². The van der Waals surface area contributed by atoms with E-state index in [1.54, 1.807) is 12.1 Å². The summed E-state index contributed by atoms with van der Waals surface area (Å²) >= 11 is 0. The van der Waals surface area contributed by atoms with E-state index in [0.29, 0.717) is 138 Å². The number of hydrogen-bond acceptors (Lipinski definition) is 11. The zero-order valence-electron chi connectivity index (χ0n) is 37.2. The van der Waals surface area contributed by atoms with E-state index in [0.717, 1.165) is 31.4 Å². The fourth-order valence-corrected chi connectivity index (χ4v) is 6.38. The fraction of sp³-hybridized carbons (Fsp3) is 0.549. The number of aromatic nitrogens is 3. The molecule has 1 aliphatic rings. The first kappa shape index (κ1) is 49.5. The molecule has 4 rings (SSSR count). The van der Waals surface area contributed by atoms with Gasteiger partial charge in [0, 0.05) is 43.0 Å². The number of anilines is 1. The molecule has 62 heavy (non-hydrogen) atoms. The molecule has 0 spiro atoms. The highest BCUT2D eigenvalue weighted by Gasteiger charge is 2.12. The van der Waals surface area contributed by atoms with Crippen LogP contribution in [0.5, 0.6) is 11.5 Å². The molecule has 0 atom stereocenters. The number of ether oxygens (including phenoxy) is 7. The Labute approximate surface area is 371 Å². The Balaban J connectivity index is 1.61. The number of terminal acetylenes is 2. The number of unbranched alkanes of at least 4 members (excludes halogenated alkanes) is 10. The van der Waals surface area contributed by atoms with Crippen LogP contribution < -0.4 is 14.4 Å². The van der Waals surface area contributed by atoms with Gasteiger partial charge in [-0.25, -0.2) is 15.0 Å². The van der Waals surface area contributed by atoms with Crippen LogP contribution in [0.3, 0.4) is 0 Å². The molecule has 11 nitrogen and oxygen atoms in total. The van der Waals surface area contributed by atoms with Crippen molar-refractivity contribution < 1.29 is 33.2 Å². The first-order valence-electron chi connectivity index (χ1n) is 22.5. The summed E-state index contributed by atoms with van der Waals surface area (Å²) < 4.78 is 41.0. The standard InChI is InChI=1S/C51H66N4O7/c1-5-9-11-13-15-17-25-61-50-39-43(7-3)52-47(41-50)21-19-45-37-49(55-23-27-56-29-31-58-33-35-60-36-34-59-32-30-57-28-24-55)38-46(54-45)20-22-48-42-51(40-44(8-4)53-48)62-26-18-16-14-12-10-6-2/h3-4,37-42H,5-6,9-18,23-36H2,1-2H3. The van der Waals surface area contributed by atoms with E-state index in [1.165, 1.54) is 51.4 Å². The van der Waals surface area contributed by atoms with Gasteiger partial charge >= 0.3 is 0 Å². The molecule has 1 aliphatic heterocycles. The number of hydrogen-bond donors (Lipinski definition) is 0. The van der Waals surface area contributed by atoms with Crippen LogP contribution in [0.25, 0.3) is 0 Å². The lowest BCUT2D eigenvalue weighted by Crippen LogP contribution is -2.32. The van der Waals surface area contributed by atoms with Crippen molar-refractivity contribution in [3.8, 4) is 59.9 Å². The van der Waals surface area contributed by atoms with Crippen LogP contribution in [-0.4, -0.2) is 107 Å². The second-order valence-electron chi connectivity index (χ2n) is 14.8. The highest BCUT2D eigenvalue weighted by molar-refractivity contribution is 5.56. The van der Waals surface area contributed by atoms with Gasteiger partial charge in [0.15, 0.2) is 0 Å². The fourth-order valence-electron chi connectivity index (χ4n) is 6.38. The molecule has 0 aromatic carbocycles. The molecule has 3 aromatic heterocycles. The minimum absolute atomic E-state index is 0.451. The topological polar surface area (TPSA) is 107 Å². The molecule has 0 unspecified atom stereocenters. The Morgan fingerprint density at radius 3 is 1.16 bits per heavy atom. The summed E-state index contributed by atoms with van der Waals surface area (Å²) in [6.07, 6.45) is 25.7. The maximum atomic E-state index is 6.09. The summed E-state index contributed by atoms with van der Waals surface area (Å²) in [7, 11) is 0. The van der Waals surface area contributed by atoms with Gasteiger partial charge in [0.05, 0.1) is 79.3 Å². The molecule has 0 amide bonds. The van der Waals surface area contributed by atoms with Crippen LogP contribution in [0.2, 0.25) is 0 Å². The molecule has 0 aliphatic carbocycles. The lowest BCUT2D eigenvalue weighted by molar-refractivity contribution is -0.0116. The zero-order chi connectivity index (χ0) is 43.7. The Morgan fingerprint density at radius 1 is 0.452 bits per heavy atom. The van der Waals surface area contributed by atoms with Crippen LogP contribution >= 0.6 is 0 Å². The number of nitrogens with zero attached hydrogens (tertiary/aromatic N) is 4. The molecule has 0 saturated carbocycles. The van der Waals surface area contributed by atoms with E-state index in [4.69, 9.17) is 51.0 Å². The van der Waals surface area contributed by atoms with Crippen molar-refractivity contribution in [3.05, 3.63) is 70.6 Å². The summed E-state index contributed by atoms with van der Waals surface area (Å²) in [4.78, 5) is 16.2. The molecule has 11 heteroatoms. The van der Waals surface area contributed by atoms with Crippen LogP contribution in [0.1, 0.15) is 125 Å². The van der Waals surface area contributed by atoms with Gasteiger partial charge in [0.2, 0.25) is 0 Å². The minimum atomic E-state index is 0.451. The van der Waals surface area contributed by atoms with E-state index < -0.39 is 0 Å². The monoisotopic (exact) mass is 846 g/mol. The maximum Gasteiger partial charge on any atom is 0.124 e. The van der Waals surface area contributed by atoms with Crippen molar-refractivity contribution in [3.63, 3.8) is 0 Å². The highest BCUT2D eigenvalue weighted by atomic mass is 16.6. The Bertz CT molecular complexity index is 1820. The third-order valence-electron chi connectivity index (χ3n) is 9.74. The molecule has 332 valence electrons. The van der Waals surface area contributed by atoms with E-state index >= 15 is 0 Å². The van der Waals surface area contributed by atoms with Crippen molar-refractivity contribution in [2.75, 3.05) is 97.3 Å². The lowest BCUT2D eigenvalue weighted by atomic mass is 10.1. The van der Waals surface area contributed by atoms with Crippen molar-refractivity contribution in [1.82, 2.24) is 15.0 Å². The average molecular weight is 847 g/mol. The Hall–Kier alpha value is -5.11. The van der Waals surface area contributed by atoms with Crippen LogP contribution in [0.4, 0.5) is 5.69 Å². The molecule has 0 N–H and O–H groups in total. The van der Waals surface area contributed by atoms with Crippen molar-refractivity contribution in [2.45, 2.75) is 90.9 Å². The second kappa shape index (κ2) is 31.7. The van der Waals surface area contributed by atoms with Crippen LogP contribution in [0, 0.1) is 48.4 Å².